The summed E-state index contributed by atoms with van der Waals surface area (Å²) in [5, 5.41) is 2.79. The summed E-state index contributed by atoms with van der Waals surface area (Å²) < 4.78 is 20.3. The van der Waals surface area contributed by atoms with Gasteiger partial charge in [-0.05, 0) is 35.9 Å². The molecule has 3 rings (SSSR count). The Balaban J connectivity index is 1.82. The Morgan fingerprint density at radius 1 is 1.21 bits per heavy atom. The maximum Gasteiger partial charge on any atom is 0.373 e. The SMILES string of the molecule is COC(=O)c1ccc(CN2C(=O)NC(=Cc3cc(Cl)c(OC)c(OC)c3)C2=O)o1. The number of halogens is 1. The summed E-state index contributed by atoms with van der Waals surface area (Å²) in [5.41, 5.74) is 0.585. The van der Waals surface area contributed by atoms with Crippen molar-refractivity contribution < 1.29 is 33.0 Å². The third-order valence-corrected chi connectivity index (χ3v) is 4.37. The number of furan rings is 1. The van der Waals surface area contributed by atoms with Gasteiger partial charge >= 0.3 is 12.0 Å². The van der Waals surface area contributed by atoms with Crippen molar-refractivity contribution in [3.63, 3.8) is 0 Å². The number of carbonyl (C=O) groups is 3. The third kappa shape index (κ3) is 4.04. The van der Waals surface area contributed by atoms with Crippen molar-refractivity contribution in [2.45, 2.75) is 6.54 Å². The number of amides is 3. The average molecular weight is 421 g/mol. The second-order valence-corrected chi connectivity index (χ2v) is 6.28. The molecular weight excluding hydrogens is 404 g/mol. The zero-order valence-corrected chi connectivity index (χ0v) is 16.5. The molecule has 2 heterocycles. The molecule has 0 radical (unpaired) electrons. The first-order valence-electron chi connectivity index (χ1n) is 8.31. The quantitative estimate of drug-likeness (QED) is 0.435. The number of hydrogen-bond donors (Lipinski definition) is 1. The van der Waals surface area contributed by atoms with Crippen molar-refractivity contribution in [1.29, 1.82) is 0 Å². The minimum Gasteiger partial charge on any atom is -0.493 e. The Morgan fingerprint density at radius 2 is 1.97 bits per heavy atom. The summed E-state index contributed by atoms with van der Waals surface area (Å²) in [4.78, 5) is 37.3. The van der Waals surface area contributed by atoms with Gasteiger partial charge in [-0.3, -0.25) is 9.69 Å². The van der Waals surface area contributed by atoms with E-state index in [2.05, 4.69) is 10.1 Å². The number of hydrogen-bond acceptors (Lipinski definition) is 7. The van der Waals surface area contributed by atoms with Gasteiger partial charge in [0.2, 0.25) is 5.76 Å². The van der Waals surface area contributed by atoms with Crippen LogP contribution in [0.1, 0.15) is 21.9 Å². The van der Waals surface area contributed by atoms with E-state index in [0.29, 0.717) is 22.1 Å². The van der Waals surface area contributed by atoms with Crippen molar-refractivity contribution in [2.24, 2.45) is 0 Å². The summed E-state index contributed by atoms with van der Waals surface area (Å²) in [6, 6.07) is 5.47. The van der Waals surface area contributed by atoms with Gasteiger partial charge in [-0.2, -0.15) is 0 Å². The van der Waals surface area contributed by atoms with Gasteiger partial charge in [-0.25, -0.2) is 9.59 Å². The van der Waals surface area contributed by atoms with Crippen LogP contribution in [0.5, 0.6) is 11.5 Å². The van der Waals surface area contributed by atoms with E-state index in [4.69, 9.17) is 25.5 Å². The van der Waals surface area contributed by atoms with Gasteiger partial charge in [0.1, 0.15) is 11.5 Å². The topological polar surface area (TPSA) is 107 Å². The minimum atomic E-state index is -0.653. The Hall–Kier alpha value is -3.46. The van der Waals surface area contributed by atoms with Crippen LogP contribution in [-0.4, -0.2) is 44.1 Å². The number of rotatable bonds is 6. The average Bonchev–Trinajstić information content (AvgIpc) is 3.27. The lowest BCUT2D eigenvalue weighted by Gasteiger charge is -2.10. The molecular formula is C19H17ClN2O7. The fourth-order valence-corrected chi connectivity index (χ4v) is 3.03. The maximum atomic E-state index is 12.6. The highest BCUT2D eigenvalue weighted by molar-refractivity contribution is 6.32. The second kappa shape index (κ2) is 8.27. The van der Waals surface area contributed by atoms with E-state index in [1.165, 1.54) is 39.5 Å². The molecule has 1 aromatic heterocycles. The van der Waals surface area contributed by atoms with E-state index in [9.17, 15) is 14.4 Å². The Morgan fingerprint density at radius 3 is 2.62 bits per heavy atom. The lowest BCUT2D eigenvalue weighted by Crippen LogP contribution is -2.30. The number of methoxy groups -OCH3 is 3. The molecule has 1 saturated heterocycles. The molecule has 1 aliphatic rings. The molecule has 2 aromatic rings. The molecule has 3 amide bonds. The van der Waals surface area contributed by atoms with Crippen LogP contribution >= 0.6 is 11.6 Å². The zero-order valence-electron chi connectivity index (χ0n) is 15.8. The molecule has 1 aromatic carbocycles. The van der Waals surface area contributed by atoms with Crippen LogP contribution in [0.25, 0.3) is 6.08 Å². The first-order valence-corrected chi connectivity index (χ1v) is 8.68. The van der Waals surface area contributed by atoms with Gasteiger partial charge in [-0.15, -0.1) is 0 Å². The number of esters is 1. The highest BCUT2D eigenvalue weighted by atomic mass is 35.5. The lowest BCUT2D eigenvalue weighted by atomic mass is 10.1. The van der Waals surface area contributed by atoms with Crippen molar-refractivity contribution in [1.82, 2.24) is 10.2 Å². The number of nitrogens with zero attached hydrogens (tertiary/aromatic N) is 1. The van der Waals surface area contributed by atoms with Crippen LogP contribution in [0, 0.1) is 0 Å². The maximum absolute atomic E-state index is 12.6. The van der Waals surface area contributed by atoms with Crippen molar-refractivity contribution in [3.05, 3.63) is 52.1 Å². The van der Waals surface area contributed by atoms with Gasteiger partial charge < -0.3 is 23.9 Å². The number of carbonyl (C=O) groups excluding carboxylic acids is 3. The second-order valence-electron chi connectivity index (χ2n) is 5.88. The first-order chi connectivity index (χ1) is 13.9. The first kappa shape index (κ1) is 20.3. The van der Waals surface area contributed by atoms with Crippen LogP contribution in [-0.2, 0) is 16.1 Å². The van der Waals surface area contributed by atoms with Crippen LogP contribution in [0.15, 0.2) is 34.4 Å². The molecule has 0 saturated carbocycles. The number of imide groups is 1. The Bertz CT molecular complexity index is 1010. The van der Waals surface area contributed by atoms with E-state index >= 15 is 0 Å². The summed E-state index contributed by atoms with van der Waals surface area (Å²) in [5.74, 6) is -0.240. The summed E-state index contributed by atoms with van der Waals surface area (Å²) in [7, 11) is 4.14. The van der Waals surface area contributed by atoms with Crippen LogP contribution in [0.2, 0.25) is 5.02 Å². The molecule has 0 spiro atoms. The predicted molar refractivity (Wildman–Crippen MR) is 102 cm³/mol. The summed E-state index contributed by atoms with van der Waals surface area (Å²) >= 11 is 6.17. The molecule has 10 heteroatoms. The monoisotopic (exact) mass is 420 g/mol. The molecule has 0 unspecified atom stereocenters. The van der Waals surface area contributed by atoms with E-state index in [1.807, 2.05) is 0 Å². The fraction of sp³-hybridized carbons (Fsp3) is 0.211. The number of benzene rings is 1. The fourth-order valence-electron chi connectivity index (χ4n) is 2.73. The standard InChI is InChI=1S/C19H17ClN2O7/c1-26-15-8-10(6-12(20)16(15)27-2)7-13-17(23)22(19(25)21-13)9-11-4-5-14(29-11)18(24)28-3/h4-8H,9H2,1-3H3,(H,21,25). The number of nitrogens with one attached hydrogen (secondary N) is 1. The summed E-state index contributed by atoms with van der Waals surface area (Å²) in [6.45, 7) is -0.147. The molecule has 0 aliphatic carbocycles. The molecule has 1 N–H and O–H groups in total. The van der Waals surface area contributed by atoms with Crippen LogP contribution in [0.4, 0.5) is 4.79 Å². The molecule has 1 aliphatic heterocycles. The highest BCUT2D eigenvalue weighted by Crippen LogP contribution is 2.36. The van der Waals surface area contributed by atoms with E-state index < -0.39 is 17.9 Å². The van der Waals surface area contributed by atoms with Crippen molar-refractivity contribution in [3.8, 4) is 11.5 Å². The Kier molecular flexibility index (Phi) is 5.79. The van der Waals surface area contributed by atoms with Gasteiger partial charge in [0.05, 0.1) is 32.9 Å². The molecule has 152 valence electrons. The lowest BCUT2D eigenvalue weighted by molar-refractivity contribution is -0.123. The van der Waals surface area contributed by atoms with Gasteiger partial charge in [0.15, 0.2) is 11.5 Å². The van der Waals surface area contributed by atoms with Crippen LogP contribution in [0.3, 0.4) is 0 Å². The van der Waals surface area contributed by atoms with Gasteiger partial charge in [-0.1, -0.05) is 11.6 Å². The van der Waals surface area contributed by atoms with Crippen LogP contribution < -0.4 is 14.8 Å². The smallest absolute Gasteiger partial charge is 0.373 e. The molecule has 0 bridgehead atoms. The van der Waals surface area contributed by atoms with E-state index in [0.717, 1.165) is 4.90 Å². The van der Waals surface area contributed by atoms with E-state index in [1.54, 1.807) is 12.1 Å². The molecule has 0 atom stereocenters. The number of ether oxygens (including phenoxy) is 3. The van der Waals surface area contributed by atoms with E-state index in [-0.39, 0.29) is 23.8 Å². The molecule has 9 nitrogen and oxygen atoms in total. The Labute approximate surface area is 170 Å². The van der Waals surface area contributed by atoms with Crippen molar-refractivity contribution in [2.75, 3.05) is 21.3 Å². The summed E-state index contributed by atoms with van der Waals surface area (Å²) in [6.07, 6.45) is 1.47. The molecule has 1 fully saturated rings. The van der Waals surface area contributed by atoms with Gasteiger partial charge in [0, 0.05) is 0 Å². The van der Waals surface area contributed by atoms with Gasteiger partial charge in [0.25, 0.3) is 5.91 Å². The minimum absolute atomic E-state index is 0.0229. The largest absolute Gasteiger partial charge is 0.493 e. The normalized spacial score (nSPS) is 14.9. The highest BCUT2D eigenvalue weighted by Gasteiger charge is 2.34. The van der Waals surface area contributed by atoms with Crippen molar-refractivity contribution >= 4 is 35.6 Å². The third-order valence-electron chi connectivity index (χ3n) is 4.09. The predicted octanol–water partition coefficient (Wildman–Crippen LogP) is 2.83. The molecule has 29 heavy (non-hydrogen) atoms. The number of urea groups is 1. The zero-order chi connectivity index (χ0) is 21.1.